The van der Waals surface area contributed by atoms with Crippen LogP contribution in [0.5, 0.6) is 5.75 Å². The van der Waals surface area contributed by atoms with Crippen molar-refractivity contribution in [2.45, 2.75) is 32.9 Å². The minimum atomic E-state index is -4.51. The second-order valence-corrected chi connectivity index (χ2v) is 5.86. The first-order valence-electron chi connectivity index (χ1n) is 8.02. The summed E-state index contributed by atoms with van der Waals surface area (Å²) in [5, 5.41) is -0.340. The number of aliphatic imine (C=N–C) groups is 1. The van der Waals surface area contributed by atoms with Gasteiger partial charge in [0.05, 0.1) is 22.9 Å². The fraction of sp³-hybridized carbons (Fsp3) is 0.316. The first-order chi connectivity index (χ1) is 11.9. The highest BCUT2D eigenvalue weighted by molar-refractivity contribution is 6.31. The van der Waals surface area contributed by atoms with E-state index in [0.29, 0.717) is 12.4 Å². The Kier molecular flexibility index (Phi) is 6.48. The lowest BCUT2D eigenvalue weighted by atomic mass is 10.0. The number of hydrogen-bond donors (Lipinski definition) is 0. The lowest BCUT2D eigenvalue weighted by Gasteiger charge is -2.12. The van der Waals surface area contributed by atoms with Gasteiger partial charge in [-0.25, -0.2) is 0 Å². The Morgan fingerprint density at radius 1 is 1.16 bits per heavy atom. The topological polar surface area (TPSA) is 21.6 Å². The number of aryl methyl sites for hydroxylation is 1. The summed E-state index contributed by atoms with van der Waals surface area (Å²) in [6.07, 6.45) is -1.34. The van der Waals surface area contributed by atoms with Gasteiger partial charge in [-0.1, -0.05) is 37.6 Å². The summed E-state index contributed by atoms with van der Waals surface area (Å²) in [7, 11) is 0. The summed E-state index contributed by atoms with van der Waals surface area (Å²) in [6, 6.07) is 9.28. The van der Waals surface area contributed by atoms with Crippen LogP contribution in [0.25, 0.3) is 0 Å². The smallest absolute Gasteiger partial charge is 0.417 e. The van der Waals surface area contributed by atoms with Gasteiger partial charge < -0.3 is 4.74 Å². The van der Waals surface area contributed by atoms with Crippen LogP contribution in [0.3, 0.4) is 0 Å². The van der Waals surface area contributed by atoms with Crippen LogP contribution in [0, 0.1) is 0 Å². The Labute approximate surface area is 150 Å². The summed E-state index contributed by atoms with van der Waals surface area (Å²) < 4.78 is 44.6. The van der Waals surface area contributed by atoms with E-state index in [1.807, 2.05) is 32.0 Å². The molecule has 0 atom stereocenters. The monoisotopic (exact) mass is 369 g/mol. The summed E-state index contributed by atoms with van der Waals surface area (Å²) in [5.41, 5.74) is 1.09. The number of hydrogen-bond acceptors (Lipinski definition) is 2. The second kappa shape index (κ2) is 8.39. The number of ether oxygens (including phenoxy) is 1. The van der Waals surface area contributed by atoms with Crippen LogP contribution in [0.1, 0.15) is 37.0 Å². The van der Waals surface area contributed by atoms with Crippen LogP contribution in [-0.2, 0) is 12.6 Å². The number of benzene rings is 2. The number of rotatable bonds is 6. The SMILES string of the molecule is CCCOc1cccc(CC)c1C=Nc1ccc(Cl)c(C(F)(F)F)c1. The number of halogens is 4. The van der Waals surface area contributed by atoms with Gasteiger partial charge in [0.15, 0.2) is 0 Å². The molecule has 2 aromatic carbocycles. The van der Waals surface area contributed by atoms with Gasteiger partial charge >= 0.3 is 6.18 Å². The molecule has 0 saturated heterocycles. The van der Waals surface area contributed by atoms with Gasteiger partial charge in [0.1, 0.15) is 5.75 Å². The van der Waals surface area contributed by atoms with Crippen LogP contribution in [-0.4, -0.2) is 12.8 Å². The highest BCUT2D eigenvalue weighted by Crippen LogP contribution is 2.36. The van der Waals surface area contributed by atoms with Gasteiger partial charge in [-0.05, 0) is 42.7 Å². The van der Waals surface area contributed by atoms with Crippen LogP contribution in [0.2, 0.25) is 5.02 Å². The van der Waals surface area contributed by atoms with Crippen molar-refractivity contribution in [2.24, 2.45) is 4.99 Å². The molecule has 2 nitrogen and oxygen atoms in total. The van der Waals surface area contributed by atoms with Crippen molar-refractivity contribution >= 4 is 23.5 Å². The summed E-state index contributed by atoms with van der Waals surface area (Å²) in [5.74, 6) is 0.676. The van der Waals surface area contributed by atoms with Crippen molar-refractivity contribution in [2.75, 3.05) is 6.61 Å². The molecule has 0 aliphatic carbocycles. The van der Waals surface area contributed by atoms with Crippen molar-refractivity contribution in [1.29, 1.82) is 0 Å². The van der Waals surface area contributed by atoms with Gasteiger partial charge in [0.25, 0.3) is 0 Å². The van der Waals surface area contributed by atoms with Crippen LogP contribution in [0.4, 0.5) is 18.9 Å². The highest BCUT2D eigenvalue weighted by Gasteiger charge is 2.33. The third-order valence-electron chi connectivity index (χ3n) is 3.60. The van der Waals surface area contributed by atoms with E-state index in [0.717, 1.165) is 30.0 Å². The van der Waals surface area contributed by atoms with E-state index in [1.54, 1.807) is 6.21 Å². The predicted octanol–water partition coefficient (Wildman–Crippen LogP) is 6.46. The van der Waals surface area contributed by atoms with Crippen LogP contribution in [0.15, 0.2) is 41.4 Å². The molecule has 2 rings (SSSR count). The third-order valence-corrected chi connectivity index (χ3v) is 3.93. The molecule has 0 bridgehead atoms. The molecule has 25 heavy (non-hydrogen) atoms. The first kappa shape index (κ1) is 19.3. The van der Waals surface area contributed by atoms with Crippen LogP contribution >= 0.6 is 11.6 Å². The quantitative estimate of drug-likeness (QED) is 0.535. The first-order valence-corrected chi connectivity index (χ1v) is 8.40. The lowest BCUT2D eigenvalue weighted by molar-refractivity contribution is -0.137. The van der Waals surface area contributed by atoms with Crippen molar-refractivity contribution in [3.05, 3.63) is 58.1 Å². The Balaban J connectivity index is 2.39. The molecule has 0 heterocycles. The Morgan fingerprint density at radius 2 is 1.92 bits per heavy atom. The Hall–Kier alpha value is -2.01. The normalized spacial score (nSPS) is 11.9. The molecule has 0 radical (unpaired) electrons. The molecule has 0 N–H and O–H groups in total. The fourth-order valence-electron chi connectivity index (χ4n) is 2.33. The van der Waals surface area contributed by atoms with Crippen molar-refractivity contribution in [3.8, 4) is 5.75 Å². The number of alkyl halides is 3. The van der Waals surface area contributed by atoms with Crippen LogP contribution < -0.4 is 4.74 Å². The van der Waals surface area contributed by atoms with Gasteiger partial charge in [-0.2, -0.15) is 13.2 Å². The van der Waals surface area contributed by atoms with Crippen molar-refractivity contribution in [3.63, 3.8) is 0 Å². The van der Waals surface area contributed by atoms with E-state index in [4.69, 9.17) is 16.3 Å². The van der Waals surface area contributed by atoms with Crippen molar-refractivity contribution < 1.29 is 17.9 Å². The average molecular weight is 370 g/mol. The minimum Gasteiger partial charge on any atom is -0.493 e. The fourth-order valence-corrected chi connectivity index (χ4v) is 2.56. The molecule has 6 heteroatoms. The summed E-state index contributed by atoms with van der Waals surface area (Å²) in [4.78, 5) is 4.21. The standard InChI is InChI=1S/C19H19ClF3NO/c1-3-10-25-18-7-5-6-13(4-2)15(18)12-24-14-8-9-17(20)16(11-14)19(21,22)23/h5-9,11-12H,3-4,10H2,1-2H3. The van der Waals surface area contributed by atoms with Gasteiger partial charge in [0, 0.05) is 11.8 Å². The zero-order chi connectivity index (χ0) is 18.4. The predicted molar refractivity (Wildman–Crippen MR) is 95.3 cm³/mol. The maximum Gasteiger partial charge on any atom is 0.417 e. The van der Waals surface area contributed by atoms with E-state index in [2.05, 4.69) is 4.99 Å². The molecule has 0 fully saturated rings. The Morgan fingerprint density at radius 3 is 2.56 bits per heavy atom. The van der Waals surface area contributed by atoms with E-state index < -0.39 is 11.7 Å². The maximum atomic E-state index is 13.0. The lowest BCUT2D eigenvalue weighted by Crippen LogP contribution is -2.05. The Bertz CT molecular complexity index is 757. The molecule has 0 saturated carbocycles. The molecular formula is C19H19ClF3NO. The molecule has 0 aliphatic heterocycles. The zero-order valence-corrected chi connectivity index (χ0v) is 14.8. The maximum absolute atomic E-state index is 13.0. The van der Waals surface area contributed by atoms with Crippen molar-refractivity contribution in [1.82, 2.24) is 0 Å². The number of nitrogens with zero attached hydrogens (tertiary/aromatic N) is 1. The molecule has 0 spiro atoms. The average Bonchev–Trinajstić information content (AvgIpc) is 2.58. The minimum absolute atomic E-state index is 0.184. The van der Waals surface area contributed by atoms with E-state index in [1.165, 1.54) is 12.1 Å². The second-order valence-electron chi connectivity index (χ2n) is 5.45. The van der Waals surface area contributed by atoms with E-state index in [9.17, 15) is 13.2 Å². The van der Waals surface area contributed by atoms with Gasteiger partial charge in [-0.3, -0.25) is 4.99 Å². The zero-order valence-electron chi connectivity index (χ0n) is 14.0. The largest absolute Gasteiger partial charge is 0.493 e. The van der Waals surface area contributed by atoms with Gasteiger partial charge in [0.2, 0.25) is 0 Å². The molecular weight excluding hydrogens is 351 g/mol. The molecule has 134 valence electrons. The third kappa shape index (κ3) is 4.98. The molecule has 0 unspecified atom stereocenters. The molecule has 0 aliphatic rings. The van der Waals surface area contributed by atoms with E-state index >= 15 is 0 Å². The van der Waals surface area contributed by atoms with Gasteiger partial charge in [-0.15, -0.1) is 0 Å². The molecule has 0 amide bonds. The summed E-state index contributed by atoms with van der Waals surface area (Å²) >= 11 is 5.64. The molecule has 0 aromatic heterocycles. The molecule has 2 aromatic rings. The van der Waals surface area contributed by atoms with E-state index in [-0.39, 0.29) is 10.7 Å². The highest BCUT2D eigenvalue weighted by atomic mass is 35.5. The summed E-state index contributed by atoms with van der Waals surface area (Å²) in [6.45, 7) is 4.57.